The summed E-state index contributed by atoms with van der Waals surface area (Å²) in [5.41, 5.74) is -0.541. The van der Waals surface area contributed by atoms with E-state index in [0.717, 1.165) is 31.3 Å². The number of alkyl halides is 3. The molecule has 8 heteroatoms. The zero-order chi connectivity index (χ0) is 19.4. The summed E-state index contributed by atoms with van der Waals surface area (Å²) in [7, 11) is 0. The molecule has 1 aromatic carbocycles. The van der Waals surface area contributed by atoms with Crippen LogP contribution in [0.4, 0.5) is 13.2 Å². The van der Waals surface area contributed by atoms with Gasteiger partial charge in [0, 0.05) is 25.5 Å². The van der Waals surface area contributed by atoms with Crippen molar-refractivity contribution < 1.29 is 18.0 Å². The molecule has 0 atom stereocenters. The Morgan fingerprint density at radius 1 is 1.22 bits per heavy atom. The number of carbonyl (C=O) groups is 1. The molecule has 0 unspecified atom stereocenters. The number of nitrogens with zero attached hydrogens (tertiary/aromatic N) is 4. The van der Waals surface area contributed by atoms with Gasteiger partial charge in [-0.3, -0.25) is 14.8 Å². The molecule has 3 rings (SSSR count). The molecule has 2 aromatic rings. The lowest BCUT2D eigenvalue weighted by atomic mass is 10.1. The Morgan fingerprint density at radius 3 is 2.59 bits per heavy atom. The summed E-state index contributed by atoms with van der Waals surface area (Å²) in [5, 5.41) is 12.3. The van der Waals surface area contributed by atoms with Crippen molar-refractivity contribution in [1.29, 1.82) is 5.26 Å². The lowest BCUT2D eigenvalue weighted by Gasteiger charge is -2.32. The maximum absolute atomic E-state index is 13.3. The summed E-state index contributed by atoms with van der Waals surface area (Å²) in [6, 6.07) is 9.61. The van der Waals surface area contributed by atoms with E-state index in [1.54, 1.807) is 29.3 Å². The summed E-state index contributed by atoms with van der Waals surface area (Å²) in [5.74, 6) is -0.773. The SMILES string of the molecule is N#Cc1ccccc1CN(C(=O)c1cnccc1C(F)(F)F)N1CCCC1. The minimum atomic E-state index is -4.66. The van der Waals surface area contributed by atoms with Gasteiger partial charge in [0.25, 0.3) is 5.91 Å². The normalized spacial score (nSPS) is 14.7. The lowest BCUT2D eigenvalue weighted by molar-refractivity contribution is -0.138. The van der Waals surface area contributed by atoms with Crippen molar-refractivity contribution in [2.24, 2.45) is 0 Å². The molecule has 0 spiro atoms. The first-order chi connectivity index (χ1) is 12.9. The molecule has 5 nitrogen and oxygen atoms in total. The lowest BCUT2D eigenvalue weighted by Crippen LogP contribution is -2.45. The second-order valence-electron chi connectivity index (χ2n) is 6.21. The predicted molar refractivity (Wildman–Crippen MR) is 91.1 cm³/mol. The maximum atomic E-state index is 13.3. The molecule has 140 valence electrons. The van der Waals surface area contributed by atoms with E-state index in [0.29, 0.717) is 24.2 Å². The van der Waals surface area contributed by atoms with Crippen LogP contribution in [-0.4, -0.2) is 34.0 Å². The van der Waals surface area contributed by atoms with E-state index < -0.39 is 23.2 Å². The van der Waals surface area contributed by atoms with Crippen molar-refractivity contribution in [3.63, 3.8) is 0 Å². The standard InChI is InChI=1S/C19H17F3N4O/c20-19(21,22)17-7-8-24-12-16(17)18(27)26(25-9-3-4-10-25)13-15-6-2-1-5-14(15)11-23/h1-2,5-8,12H,3-4,9-10,13H2. The molecule has 0 saturated carbocycles. The van der Waals surface area contributed by atoms with Gasteiger partial charge in [0.15, 0.2) is 0 Å². The van der Waals surface area contributed by atoms with E-state index in [2.05, 4.69) is 11.1 Å². The fourth-order valence-corrected chi connectivity index (χ4v) is 3.12. The van der Waals surface area contributed by atoms with Crippen LogP contribution in [-0.2, 0) is 12.7 Å². The molecule has 1 fully saturated rings. The van der Waals surface area contributed by atoms with Crippen LogP contribution in [0.2, 0.25) is 0 Å². The van der Waals surface area contributed by atoms with E-state index in [4.69, 9.17) is 0 Å². The van der Waals surface area contributed by atoms with Crippen LogP contribution in [0.25, 0.3) is 0 Å². The van der Waals surface area contributed by atoms with Crippen molar-refractivity contribution in [2.45, 2.75) is 25.6 Å². The van der Waals surface area contributed by atoms with E-state index in [-0.39, 0.29) is 6.54 Å². The molecule has 1 aliphatic rings. The third kappa shape index (κ3) is 4.09. The summed E-state index contributed by atoms with van der Waals surface area (Å²) in [4.78, 5) is 16.8. The molecule has 1 aliphatic heterocycles. The van der Waals surface area contributed by atoms with Gasteiger partial charge < -0.3 is 0 Å². The van der Waals surface area contributed by atoms with Crippen molar-refractivity contribution in [1.82, 2.24) is 15.0 Å². The maximum Gasteiger partial charge on any atom is 0.417 e. The zero-order valence-corrected chi connectivity index (χ0v) is 14.4. The summed E-state index contributed by atoms with van der Waals surface area (Å²) < 4.78 is 40.0. The average molecular weight is 374 g/mol. The Morgan fingerprint density at radius 2 is 1.93 bits per heavy atom. The van der Waals surface area contributed by atoms with Gasteiger partial charge in [-0.1, -0.05) is 18.2 Å². The number of benzene rings is 1. The van der Waals surface area contributed by atoms with Crippen molar-refractivity contribution in [3.05, 3.63) is 65.0 Å². The Balaban J connectivity index is 2.00. The largest absolute Gasteiger partial charge is 0.417 e. The fourth-order valence-electron chi connectivity index (χ4n) is 3.12. The Kier molecular flexibility index (Phi) is 5.42. The van der Waals surface area contributed by atoms with Crippen LogP contribution in [0, 0.1) is 11.3 Å². The molecule has 1 aromatic heterocycles. The number of rotatable bonds is 4. The Labute approximate surface area is 154 Å². The van der Waals surface area contributed by atoms with Gasteiger partial charge in [-0.2, -0.15) is 18.4 Å². The number of hydrogen-bond acceptors (Lipinski definition) is 4. The van der Waals surface area contributed by atoms with Gasteiger partial charge in [0.2, 0.25) is 0 Å². The number of carbonyl (C=O) groups excluding carboxylic acids is 1. The molecule has 2 heterocycles. The zero-order valence-electron chi connectivity index (χ0n) is 14.4. The average Bonchev–Trinajstić information content (AvgIpc) is 3.19. The van der Waals surface area contributed by atoms with Crippen LogP contribution in [0.3, 0.4) is 0 Å². The van der Waals surface area contributed by atoms with Crippen LogP contribution in [0.15, 0.2) is 42.7 Å². The number of hydrogen-bond donors (Lipinski definition) is 0. The first kappa shape index (κ1) is 18.9. The number of aromatic nitrogens is 1. The van der Waals surface area contributed by atoms with Gasteiger partial charge in [-0.25, -0.2) is 5.01 Å². The van der Waals surface area contributed by atoms with E-state index in [1.807, 2.05) is 0 Å². The number of nitriles is 1. The van der Waals surface area contributed by atoms with Crippen molar-refractivity contribution in [2.75, 3.05) is 13.1 Å². The Bertz CT molecular complexity index is 870. The van der Waals surface area contributed by atoms with Crippen LogP contribution in [0.1, 0.15) is 39.9 Å². The predicted octanol–water partition coefficient (Wildman–Crippen LogP) is 3.63. The molecule has 0 bridgehead atoms. The van der Waals surface area contributed by atoms with Gasteiger partial charge in [-0.05, 0) is 30.5 Å². The van der Waals surface area contributed by atoms with Crippen LogP contribution in [0.5, 0.6) is 0 Å². The molecular weight excluding hydrogens is 357 g/mol. The highest BCUT2D eigenvalue weighted by Crippen LogP contribution is 2.32. The second kappa shape index (κ2) is 7.76. The van der Waals surface area contributed by atoms with Gasteiger partial charge >= 0.3 is 6.18 Å². The summed E-state index contributed by atoms with van der Waals surface area (Å²) >= 11 is 0. The summed E-state index contributed by atoms with van der Waals surface area (Å²) in [6.45, 7) is 1.17. The number of hydrazine groups is 1. The van der Waals surface area contributed by atoms with E-state index in [9.17, 15) is 23.2 Å². The van der Waals surface area contributed by atoms with Crippen molar-refractivity contribution in [3.8, 4) is 6.07 Å². The Hall–Kier alpha value is -2.92. The topological polar surface area (TPSA) is 60.2 Å². The van der Waals surface area contributed by atoms with E-state index >= 15 is 0 Å². The molecule has 0 N–H and O–H groups in total. The third-order valence-electron chi connectivity index (χ3n) is 4.47. The number of halogens is 3. The van der Waals surface area contributed by atoms with E-state index in [1.165, 1.54) is 5.01 Å². The highest BCUT2D eigenvalue weighted by atomic mass is 19.4. The van der Waals surface area contributed by atoms with Crippen LogP contribution >= 0.6 is 0 Å². The quantitative estimate of drug-likeness (QED) is 0.820. The monoisotopic (exact) mass is 374 g/mol. The smallest absolute Gasteiger partial charge is 0.268 e. The van der Waals surface area contributed by atoms with Gasteiger partial charge in [0.05, 0.1) is 29.3 Å². The first-order valence-electron chi connectivity index (χ1n) is 8.47. The fraction of sp³-hybridized carbons (Fsp3) is 0.316. The molecule has 0 radical (unpaired) electrons. The molecule has 0 aliphatic carbocycles. The summed E-state index contributed by atoms with van der Waals surface area (Å²) in [6.07, 6.45) is -0.990. The minimum Gasteiger partial charge on any atom is -0.268 e. The molecule has 27 heavy (non-hydrogen) atoms. The highest BCUT2D eigenvalue weighted by Gasteiger charge is 2.37. The second-order valence-corrected chi connectivity index (χ2v) is 6.21. The third-order valence-corrected chi connectivity index (χ3v) is 4.47. The van der Waals surface area contributed by atoms with Gasteiger partial charge in [-0.15, -0.1) is 0 Å². The first-order valence-corrected chi connectivity index (χ1v) is 8.47. The van der Waals surface area contributed by atoms with Crippen LogP contribution < -0.4 is 0 Å². The molecule has 1 amide bonds. The molecular formula is C19H17F3N4O. The van der Waals surface area contributed by atoms with Crippen molar-refractivity contribution >= 4 is 5.91 Å². The molecule has 1 saturated heterocycles. The highest BCUT2D eigenvalue weighted by molar-refractivity contribution is 5.95. The number of amides is 1. The number of pyridine rings is 1. The minimum absolute atomic E-state index is 0.0226. The van der Waals surface area contributed by atoms with Gasteiger partial charge in [0.1, 0.15) is 0 Å².